The summed E-state index contributed by atoms with van der Waals surface area (Å²) in [6.07, 6.45) is -12.5. The number of benzene rings is 6. The minimum Gasteiger partial charge on any atom is -0.463 e. The molecule has 0 bridgehead atoms. The van der Waals surface area contributed by atoms with E-state index in [1.165, 1.54) is 0 Å². The number of hydrogen-bond acceptors (Lipinski definition) is 20. The number of carbonyl (C=O) groups excluding carboxylic acids is 6. The van der Waals surface area contributed by atoms with Gasteiger partial charge in [0.15, 0.2) is 31.1 Å². The molecule has 4 heterocycles. The predicted octanol–water partition coefficient (Wildman–Crippen LogP) is 11.7. The van der Waals surface area contributed by atoms with E-state index >= 15 is 9.59 Å². The van der Waals surface area contributed by atoms with E-state index in [9.17, 15) is 19.2 Å². The summed E-state index contributed by atoms with van der Waals surface area (Å²) >= 11 is 0. The monoisotopic (exact) mass is 1420 g/mol. The normalized spacial score (nSPS) is 25.4. The average molecular weight is 1420 g/mol. The Balaban J connectivity index is 1.15. The van der Waals surface area contributed by atoms with Crippen molar-refractivity contribution in [1.29, 1.82) is 0 Å². The summed E-state index contributed by atoms with van der Waals surface area (Å²) in [5, 5.41) is 2.95. The second-order valence-corrected chi connectivity index (χ2v) is 25.9. The van der Waals surface area contributed by atoms with Crippen molar-refractivity contribution in [1.82, 2.24) is 10.2 Å². The first-order valence-electron chi connectivity index (χ1n) is 36.3. The first-order chi connectivity index (χ1) is 50.4. The minimum absolute atomic E-state index is 0.0150. The average Bonchev–Trinajstić information content (AvgIpc) is 0.866. The number of nitrogens with one attached hydrogen (secondary N) is 1. The Morgan fingerprint density at radius 3 is 1.31 bits per heavy atom. The topological polar surface area (TPSA) is 247 Å². The van der Waals surface area contributed by atoms with Crippen molar-refractivity contribution >= 4 is 35.6 Å². The lowest BCUT2D eigenvalue weighted by Gasteiger charge is -2.53. The van der Waals surface area contributed by atoms with Crippen LogP contribution < -0.4 is 5.32 Å². The highest BCUT2D eigenvalue weighted by Gasteiger charge is 2.61. The minimum atomic E-state index is -1.73. The summed E-state index contributed by atoms with van der Waals surface area (Å²) in [5.74, 6) is -4.06. The number of carbonyl (C=O) groups is 6. The van der Waals surface area contributed by atoms with Crippen LogP contribution in [-0.4, -0.2) is 159 Å². The molecule has 0 aliphatic carbocycles. The van der Waals surface area contributed by atoms with Crippen molar-refractivity contribution in [2.45, 2.75) is 224 Å². The van der Waals surface area contributed by atoms with Crippen molar-refractivity contribution in [3.8, 4) is 0 Å². The van der Waals surface area contributed by atoms with Gasteiger partial charge in [0, 0.05) is 32.3 Å². The molecule has 0 spiro atoms. The number of ether oxygens (including phenoxy) is 14. The molecule has 3 fully saturated rings. The van der Waals surface area contributed by atoms with Crippen LogP contribution in [0, 0.1) is 0 Å². The number of unbranched alkanes of at least 4 members (excludes halogenated alkanes) is 5. The van der Waals surface area contributed by atoms with Crippen LogP contribution in [0.25, 0.3) is 0 Å². The second kappa shape index (κ2) is 40.2. The van der Waals surface area contributed by atoms with Crippen molar-refractivity contribution in [2.24, 2.45) is 0 Å². The van der Waals surface area contributed by atoms with Crippen LogP contribution in [0.15, 0.2) is 176 Å². The lowest BCUT2D eigenvalue weighted by Crippen LogP contribution is -2.72. The molecule has 10 rings (SSSR count). The molecule has 3 saturated heterocycles. The molecule has 4 aliphatic heterocycles. The van der Waals surface area contributed by atoms with Crippen LogP contribution in [0.3, 0.4) is 0 Å². The Morgan fingerprint density at radius 1 is 0.388 bits per heavy atom. The Morgan fingerprint density at radius 2 is 0.806 bits per heavy atom. The van der Waals surface area contributed by atoms with Gasteiger partial charge in [-0.25, -0.2) is 0 Å². The molecule has 22 nitrogen and oxygen atoms in total. The van der Waals surface area contributed by atoms with Gasteiger partial charge in [-0.05, 0) is 46.4 Å². The fraction of sp³-hybridized carbons (Fsp3) is 0.481. The van der Waals surface area contributed by atoms with Gasteiger partial charge < -0.3 is 71.6 Å². The molecular formula is C81H98N2O20. The van der Waals surface area contributed by atoms with Crippen molar-refractivity contribution in [3.63, 3.8) is 0 Å². The zero-order chi connectivity index (χ0) is 72.3. The smallest absolute Gasteiger partial charge is 0.306 e. The van der Waals surface area contributed by atoms with Gasteiger partial charge in [-0.1, -0.05) is 231 Å². The molecule has 22 heteroatoms. The molecule has 0 aromatic heterocycles. The lowest BCUT2D eigenvalue weighted by atomic mass is 9.92. The van der Waals surface area contributed by atoms with Gasteiger partial charge in [0.2, 0.25) is 5.91 Å². The number of esters is 3. The number of hydrogen-bond donors (Lipinski definition) is 1. The summed E-state index contributed by atoms with van der Waals surface area (Å²) in [6, 6.07) is 51.1. The van der Waals surface area contributed by atoms with E-state index in [2.05, 4.69) is 12.2 Å². The number of fused-ring (bicyclic) bond motifs is 1. The van der Waals surface area contributed by atoms with Gasteiger partial charge in [-0.15, -0.1) is 0 Å². The molecule has 103 heavy (non-hydrogen) atoms. The predicted molar refractivity (Wildman–Crippen MR) is 377 cm³/mol. The lowest BCUT2D eigenvalue weighted by molar-refractivity contribution is -0.380. The van der Waals surface area contributed by atoms with E-state index < -0.39 is 134 Å². The maximum atomic E-state index is 15.7. The standard InChI is InChI=1S/C81H98N2O20/c1-6-11-12-13-14-32-45-92-81-76(75(96-50-58-41-28-19-29-42-58)70(94-48-56-37-24-17-25-38-56)61(99-81)51-90-46-54-33-20-15-21-34-54)103-80-69(83-77(88)59-43-30-31-44-60(59)78(83)89)74(95-49-57-39-26-18-27-40-57)72(62(98-80)52-91-47-55-35-22-16-23-36-55)102-79-68(82-64(84)7-2)73(101-67(87)10-5)71(100-66(86)9-4)63(97-79)53-93-65(85)8-3/h15-31,33-44,61-63,68-76,79-81H,6-14,32,45-53H2,1-5H3,(H,82,84)/t61-,62-,63-,68-,69-,70-,71+,72-,73-,74-,75+,76+,79+,80+,81+/m1/s1. The fourth-order valence-corrected chi connectivity index (χ4v) is 13.0. The fourth-order valence-electron chi connectivity index (χ4n) is 13.0. The molecule has 3 amide bonds. The van der Waals surface area contributed by atoms with Crippen molar-refractivity contribution in [3.05, 3.63) is 215 Å². The molecule has 15 atom stereocenters. The van der Waals surface area contributed by atoms with Gasteiger partial charge >= 0.3 is 17.9 Å². The number of imide groups is 1. The number of nitrogens with zero attached hydrogens (tertiary/aromatic N) is 1. The third-order valence-corrected chi connectivity index (χ3v) is 18.4. The largest absolute Gasteiger partial charge is 0.463 e. The van der Waals surface area contributed by atoms with Crippen LogP contribution >= 0.6 is 0 Å². The quantitative estimate of drug-likeness (QED) is 0.0163. The van der Waals surface area contributed by atoms with Crippen molar-refractivity contribution in [2.75, 3.05) is 26.4 Å². The summed E-state index contributed by atoms with van der Waals surface area (Å²) in [7, 11) is 0. The summed E-state index contributed by atoms with van der Waals surface area (Å²) in [5.41, 5.74) is 4.27. The maximum Gasteiger partial charge on any atom is 0.306 e. The van der Waals surface area contributed by atoms with Gasteiger partial charge in [0.1, 0.15) is 67.5 Å². The molecule has 4 aliphatic rings. The highest BCUT2D eigenvalue weighted by molar-refractivity contribution is 6.21. The molecular weight excluding hydrogens is 1320 g/mol. The van der Waals surface area contributed by atoms with Crippen LogP contribution in [0.2, 0.25) is 0 Å². The van der Waals surface area contributed by atoms with E-state index in [0.29, 0.717) is 12.0 Å². The number of rotatable bonds is 39. The first kappa shape index (κ1) is 77.5. The van der Waals surface area contributed by atoms with Gasteiger partial charge in [-0.2, -0.15) is 0 Å². The molecule has 0 unspecified atom stereocenters. The molecule has 6 aromatic rings. The van der Waals surface area contributed by atoms with Gasteiger partial charge in [0.25, 0.3) is 11.8 Å². The molecule has 552 valence electrons. The van der Waals surface area contributed by atoms with Crippen LogP contribution in [-0.2, 0) is 119 Å². The first-order valence-corrected chi connectivity index (χ1v) is 36.3. The maximum absolute atomic E-state index is 15.7. The van der Waals surface area contributed by atoms with Gasteiger partial charge in [-0.3, -0.25) is 33.7 Å². The van der Waals surface area contributed by atoms with E-state index in [1.807, 2.05) is 152 Å². The molecule has 6 aromatic carbocycles. The summed E-state index contributed by atoms with van der Waals surface area (Å²) in [6.45, 7) is 8.21. The summed E-state index contributed by atoms with van der Waals surface area (Å²) < 4.78 is 96.7. The second-order valence-electron chi connectivity index (χ2n) is 25.9. The van der Waals surface area contributed by atoms with E-state index in [0.717, 1.165) is 59.3 Å². The highest BCUT2D eigenvalue weighted by atomic mass is 16.8. The van der Waals surface area contributed by atoms with E-state index in [4.69, 9.17) is 66.3 Å². The Hall–Kier alpha value is -8.10. The van der Waals surface area contributed by atoms with Gasteiger partial charge in [0.05, 0.1) is 57.4 Å². The number of amides is 3. The summed E-state index contributed by atoms with van der Waals surface area (Å²) in [4.78, 5) is 87.0. The zero-order valence-corrected chi connectivity index (χ0v) is 59.5. The Labute approximate surface area is 603 Å². The Kier molecular flexibility index (Phi) is 30.3. The molecule has 0 radical (unpaired) electrons. The van der Waals surface area contributed by atoms with Crippen LogP contribution in [0.4, 0.5) is 0 Å². The zero-order valence-electron chi connectivity index (χ0n) is 59.5. The van der Waals surface area contributed by atoms with Crippen LogP contribution in [0.5, 0.6) is 0 Å². The van der Waals surface area contributed by atoms with Crippen LogP contribution in [0.1, 0.15) is 147 Å². The SMILES string of the molecule is CCCCCCCCO[C@H]1O[C@H](COCc2ccccc2)[C@@H](OCc2ccccc2)[C@H](OCc2ccccc2)[C@@H]1O[C@@H]1O[C@H](COCc2ccccc2)[C@@H](O[C@@H]2O[C@H](COC(=O)CC)[C@H](OC(=O)CC)[C@H](OC(=O)CC)[C@H]2NC(=O)CC)[C@H](OCc2ccccc2)[C@H]1N1C(=O)c2ccccc2C1=O. The third-order valence-electron chi connectivity index (χ3n) is 18.4. The highest BCUT2D eigenvalue weighted by Crippen LogP contribution is 2.41. The Bertz CT molecular complexity index is 3540. The molecule has 0 saturated carbocycles. The molecule has 1 N–H and O–H groups in total. The third kappa shape index (κ3) is 21.5. The van der Waals surface area contributed by atoms with E-state index in [-0.39, 0.29) is 89.7 Å². The van der Waals surface area contributed by atoms with E-state index in [1.54, 1.807) is 52.0 Å². The van der Waals surface area contributed by atoms with Crippen molar-refractivity contribution < 1.29 is 95.1 Å².